The van der Waals surface area contributed by atoms with E-state index in [9.17, 15) is 9.90 Å². The summed E-state index contributed by atoms with van der Waals surface area (Å²) >= 11 is 0. The maximum atomic E-state index is 11.4. The van der Waals surface area contributed by atoms with Crippen LogP contribution in [0.25, 0.3) is 0 Å². The Kier molecular flexibility index (Phi) is 2.49. The van der Waals surface area contributed by atoms with Gasteiger partial charge in [0.05, 0.1) is 0 Å². The van der Waals surface area contributed by atoms with Crippen LogP contribution in [-0.4, -0.2) is 17.7 Å². The fourth-order valence-electron chi connectivity index (χ4n) is 2.26. The Morgan fingerprint density at radius 2 is 2.27 bits per heavy atom. The van der Waals surface area contributed by atoms with Gasteiger partial charge in [0.25, 0.3) is 0 Å². The molecule has 2 rings (SSSR count). The van der Waals surface area contributed by atoms with Gasteiger partial charge in [-0.05, 0) is 30.9 Å². The summed E-state index contributed by atoms with van der Waals surface area (Å²) in [5.74, 6) is -0.880. The standard InChI is InChI=1S/C12H14O3/c1-2-15-12(11(13)14)8-7-9-5-3-4-6-10(9)12/h3-6H,2,7-8H2,1H3,(H,13,14). The van der Waals surface area contributed by atoms with E-state index in [2.05, 4.69) is 0 Å². The molecule has 0 bridgehead atoms. The van der Waals surface area contributed by atoms with Gasteiger partial charge in [-0.25, -0.2) is 4.79 Å². The summed E-state index contributed by atoms with van der Waals surface area (Å²) in [5.41, 5.74) is 0.804. The minimum absolute atomic E-state index is 0.417. The van der Waals surface area contributed by atoms with Crippen molar-refractivity contribution in [3.63, 3.8) is 0 Å². The lowest BCUT2D eigenvalue weighted by Crippen LogP contribution is -2.36. The Balaban J connectivity index is 2.49. The Labute approximate surface area is 88.7 Å². The molecular weight excluding hydrogens is 192 g/mol. The number of fused-ring (bicyclic) bond motifs is 1. The lowest BCUT2D eigenvalue weighted by molar-refractivity contribution is -0.167. The molecule has 0 heterocycles. The first kappa shape index (κ1) is 10.2. The molecule has 1 aliphatic rings. The van der Waals surface area contributed by atoms with Gasteiger partial charge in [-0.3, -0.25) is 0 Å². The summed E-state index contributed by atoms with van der Waals surface area (Å²) in [6.07, 6.45) is 1.32. The number of carboxylic acid groups (broad SMARTS) is 1. The topological polar surface area (TPSA) is 46.5 Å². The van der Waals surface area contributed by atoms with Crippen LogP contribution in [0.2, 0.25) is 0 Å². The highest BCUT2D eigenvalue weighted by molar-refractivity contribution is 5.81. The fourth-order valence-corrected chi connectivity index (χ4v) is 2.26. The molecule has 0 fully saturated rings. The molecule has 0 aliphatic heterocycles. The van der Waals surface area contributed by atoms with Crippen molar-refractivity contribution in [1.82, 2.24) is 0 Å². The van der Waals surface area contributed by atoms with Gasteiger partial charge < -0.3 is 9.84 Å². The van der Waals surface area contributed by atoms with Crippen LogP contribution in [0.5, 0.6) is 0 Å². The molecule has 3 heteroatoms. The molecule has 15 heavy (non-hydrogen) atoms. The Morgan fingerprint density at radius 1 is 1.53 bits per heavy atom. The molecule has 1 atom stereocenters. The van der Waals surface area contributed by atoms with Crippen molar-refractivity contribution in [1.29, 1.82) is 0 Å². The van der Waals surface area contributed by atoms with E-state index in [-0.39, 0.29) is 0 Å². The van der Waals surface area contributed by atoms with Crippen molar-refractivity contribution in [3.8, 4) is 0 Å². The molecule has 3 nitrogen and oxygen atoms in total. The number of carboxylic acids is 1. The maximum absolute atomic E-state index is 11.4. The van der Waals surface area contributed by atoms with E-state index in [1.165, 1.54) is 0 Å². The summed E-state index contributed by atoms with van der Waals surface area (Å²) in [7, 11) is 0. The predicted octanol–water partition coefficient (Wildman–Crippen LogP) is 1.95. The molecule has 0 saturated heterocycles. The van der Waals surface area contributed by atoms with Crippen LogP contribution < -0.4 is 0 Å². The molecule has 0 radical (unpaired) electrons. The largest absolute Gasteiger partial charge is 0.479 e. The summed E-state index contributed by atoms with van der Waals surface area (Å²) < 4.78 is 5.48. The van der Waals surface area contributed by atoms with Crippen LogP contribution in [0.15, 0.2) is 24.3 Å². The number of hydrogen-bond donors (Lipinski definition) is 1. The minimum atomic E-state index is -1.11. The maximum Gasteiger partial charge on any atom is 0.340 e. The quantitative estimate of drug-likeness (QED) is 0.822. The van der Waals surface area contributed by atoms with Crippen molar-refractivity contribution >= 4 is 5.97 Å². The van der Waals surface area contributed by atoms with Gasteiger partial charge in [-0.15, -0.1) is 0 Å². The van der Waals surface area contributed by atoms with Crippen LogP contribution >= 0.6 is 0 Å². The third-order valence-electron chi connectivity index (χ3n) is 2.94. The predicted molar refractivity (Wildman–Crippen MR) is 55.7 cm³/mol. The Morgan fingerprint density at radius 3 is 2.93 bits per heavy atom. The van der Waals surface area contributed by atoms with Crippen molar-refractivity contribution in [2.75, 3.05) is 6.61 Å². The molecule has 80 valence electrons. The third kappa shape index (κ3) is 1.43. The van der Waals surface area contributed by atoms with E-state index in [4.69, 9.17) is 4.74 Å². The van der Waals surface area contributed by atoms with E-state index < -0.39 is 11.6 Å². The van der Waals surface area contributed by atoms with E-state index in [1.54, 1.807) is 0 Å². The molecule has 1 N–H and O–H groups in total. The Hall–Kier alpha value is -1.35. The zero-order valence-corrected chi connectivity index (χ0v) is 8.69. The summed E-state index contributed by atoms with van der Waals surface area (Å²) in [4.78, 5) is 11.4. The second-order valence-corrected chi connectivity index (χ2v) is 3.72. The molecule has 0 aromatic heterocycles. The highest BCUT2D eigenvalue weighted by atomic mass is 16.5. The van der Waals surface area contributed by atoms with E-state index in [1.807, 2.05) is 31.2 Å². The van der Waals surface area contributed by atoms with Crippen LogP contribution in [0.1, 0.15) is 24.5 Å². The van der Waals surface area contributed by atoms with Gasteiger partial charge in [0, 0.05) is 6.61 Å². The first-order valence-electron chi connectivity index (χ1n) is 5.16. The highest BCUT2D eigenvalue weighted by Gasteiger charge is 2.46. The van der Waals surface area contributed by atoms with E-state index in [0.29, 0.717) is 13.0 Å². The smallest absolute Gasteiger partial charge is 0.340 e. The monoisotopic (exact) mass is 206 g/mol. The summed E-state index contributed by atoms with van der Waals surface area (Å²) in [5, 5.41) is 9.32. The SMILES string of the molecule is CCOC1(C(=O)O)CCc2ccccc21. The average Bonchev–Trinajstić information content (AvgIpc) is 2.60. The van der Waals surface area contributed by atoms with Crippen LogP contribution in [0, 0.1) is 0 Å². The molecule has 0 amide bonds. The van der Waals surface area contributed by atoms with Gasteiger partial charge >= 0.3 is 5.97 Å². The lowest BCUT2D eigenvalue weighted by atomic mass is 9.96. The van der Waals surface area contributed by atoms with Crippen molar-refractivity contribution < 1.29 is 14.6 Å². The minimum Gasteiger partial charge on any atom is -0.479 e. The number of rotatable bonds is 3. The number of carbonyl (C=O) groups is 1. The zero-order chi connectivity index (χ0) is 10.9. The highest BCUT2D eigenvalue weighted by Crippen LogP contribution is 2.40. The Bertz CT molecular complexity index is 382. The van der Waals surface area contributed by atoms with Gasteiger partial charge in [0.15, 0.2) is 5.60 Å². The number of ether oxygens (including phenoxy) is 1. The molecule has 1 aliphatic carbocycles. The van der Waals surface area contributed by atoms with Gasteiger partial charge in [-0.2, -0.15) is 0 Å². The molecule has 1 unspecified atom stereocenters. The number of hydrogen-bond acceptors (Lipinski definition) is 2. The zero-order valence-electron chi connectivity index (χ0n) is 8.69. The van der Waals surface area contributed by atoms with Crippen molar-refractivity contribution in [3.05, 3.63) is 35.4 Å². The normalized spacial score (nSPS) is 23.8. The lowest BCUT2D eigenvalue weighted by Gasteiger charge is -2.25. The van der Waals surface area contributed by atoms with Crippen LogP contribution in [0.3, 0.4) is 0 Å². The van der Waals surface area contributed by atoms with Crippen LogP contribution in [-0.2, 0) is 21.6 Å². The molecule has 1 aromatic rings. The fraction of sp³-hybridized carbons (Fsp3) is 0.417. The number of benzene rings is 1. The molecule has 1 aromatic carbocycles. The van der Waals surface area contributed by atoms with E-state index >= 15 is 0 Å². The van der Waals surface area contributed by atoms with Crippen molar-refractivity contribution in [2.45, 2.75) is 25.4 Å². The number of aryl methyl sites for hydroxylation is 1. The van der Waals surface area contributed by atoms with Crippen LogP contribution in [0.4, 0.5) is 0 Å². The van der Waals surface area contributed by atoms with Gasteiger partial charge in [0.1, 0.15) is 0 Å². The summed E-state index contributed by atoms with van der Waals surface area (Å²) in [6, 6.07) is 7.62. The van der Waals surface area contributed by atoms with Crippen molar-refractivity contribution in [2.24, 2.45) is 0 Å². The second-order valence-electron chi connectivity index (χ2n) is 3.72. The van der Waals surface area contributed by atoms with E-state index in [0.717, 1.165) is 17.5 Å². The summed E-state index contributed by atoms with van der Waals surface area (Å²) in [6.45, 7) is 2.24. The second kappa shape index (κ2) is 3.66. The molecule has 0 saturated carbocycles. The first-order valence-corrected chi connectivity index (χ1v) is 5.16. The van der Waals surface area contributed by atoms with Gasteiger partial charge in [-0.1, -0.05) is 24.3 Å². The first-order chi connectivity index (χ1) is 7.20. The average molecular weight is 206 g/mol. The molecular formula is C12H14O3. The number of aliphatic carboxylic acids is 1. The molecule has 0 spiro atoms. The van der Waals surface area contributed by atoms with Gasteiger partial charge in [0.2, 0.25) is 0 Å². The third-order valence-corrected chi connectivity index (χ3v) is 2.94.